The van der Waals surface area contributed by atoms with Gasteiger partial charge in [-0.15, -0.1) is 0 Å². The van der Waals surface area contributed by atoms with Gasteiger partial charge in [-0.2, -0.15) is 0 Å². The average Bonchev–Trinajstić information content (AvgIpc) is 2.37. The van der Waals surface area contributed by atoms with Gasteiger partial charge in [-0.1, -0.05) is 0 Å². The van der Waals surface area contributed by atoms with Crippen molar-refractivity contribution < 1.29 is 18.8 Å². The van der Waals surface area contributed by atoms with Gasteiger partial charge in [0, 0.05) is 13.6 Å². The lowest BCUT2D eigenvalue weighted by atomic mass is 10.3. The molecule has 0 aliphatic heterocycles. The SMILES string of the molecule is CNc1cc([N+](=O)[O-])cc(N(CCO)CC(F)F)n1. The smallest absolute Gasteiger partial charge is 0.276 e. The maximum absolute atomic E-state index is 12.4. The summed E-state index contributed by atoms with van der Waals surface area (Å²) in [7, 11) is 1.51. The van der Waals surface area contributed by atoms with Crippen molar-refractivity contribution in [1.29, 1.82) is 0 Å². The molecule has 0 saturated heterocycles. The van der Waals surface area contributed by atoms with Crippen LogP contribution in [0.5, 0.6) is 0 Å². The minimum Gasteiger partial charge on any atom is -0.395 e. The fraction of sp³-hybridized carbons (Fsp3) is 0.500. The van der Waals surface area contributed by atoms with E-state index in [1.807, 2.05) is 0 Å². The van der Waals surface area contributed by atoms with Gasteiger partial charge in [-0.25, -0.2) is 13.8 Å². The summed E-state index contributed by atoms with van der Waals surface area (Å²) >= 11 is 0. The predicted octanol–water partition coefficient (Wildman–Crippen LogP) is 1.10. The number of alkyl halides is 2. The molecule has 1 rings (SSSR count). The Hall–Kier alpha value is -2.03. The molecule has 0 aromatic carbocycles. The number of halogens is 2. The molecule has 0 fully saturated rings. The normalized spacial score (nSPS) is 10.6. The molecule has 1 aromatic rings. The second kappa shape index (κ2) is 6.78. The Balaban J connectivity index is 3.13. The molecule has 0 saturated carbocycles. The molecule has 9 heteroatoms. The third-order valence-electron chi connectivity index (χ3n) is 2.32. The molecule has 0 aliphatic carbocycles. The molecule has 0 atom stereocenters. The largest absolute Gasteiger partial charge is 0.395 e. The Kier molecular flexibility index (Phi) is 5.37. The number of aliphatic hydroxyl groups excluding tert-OH is 1. The summed E-state index contributed by atoms with van der Waals surface area (Å²) in [5.41, 5.74) is -0.258. The van der Waals surface area contributed by atoms with Crippen molar-refractivity contribution in [1.82, 2.24) is 4.98 Å². The van der Waals surface area contributed by atoms with Crippen LogP contribution in [0.15, 0.2) is 12.1 Å². The van der Waals surface area contributed by atoms with E-state index >= 15 is 0 Å². The Morgan fingerprint density at radius 1 is 1.58 bits per heavy atom. The second-order valence-electron chi connectivity index (χ2n) is 3.64. The molecule has 2 N–H and O–H groups in total. The lowest BCUT2D eigenvalue weighted by Gasteiger charge is -2.22. The summed E-state index contributed by atoms with van der Waals surface area (Å²) < 4.78 is 24.9. The quantitative estimate of drug-likeness (QED) is 0.572. The van der Waals surface area contributed by atoms with Crippen LogP contribution in [0.4, 0.5) is 26.1 Å². The van der Waals surface area contributed by atoms with Crippen LogP contribution in [0.25, 0.3) is 0 Å². The molecule has 19 heavy (non-hydrogen) atoms. The van der Waals surface area contributed by atoms with Crippen LogP contribution in [0.3, 0.4) is 0 Å². The molecule has 106 valence electrons. The van der Waals surface area contributed by atoms with E-state index < -0.39 is 17.9 Å². The summed E-state index contributed by atoms with van der Waals surface area (Å²) in [6.45, 7) is -1.09. The van der Waals surface area contributed by atoms with Crippen molar-refractivity contribution in [2.75, 3.05) is 37.0 Å². The molecule has 1 aromatic heterocycles. The number of nitro groups is 1. The van der Waals surface area contributed by atoms with Crippen LogP contribution in [0.2, 0.25) is 0 Å². The standard InChI is InChI=1S/C10H14F2N4O3/c1-13-9-4-7(16(18)19)5-10(14-9)15(2-3-17)6-8(11)12/h4-5,8,17H,2-3,6H2,1H3,(H,13,14). The molecular weight excluding hydrogens is 262 g/mol. The molecule has 0 unspecified atom stereocenters. The zero-order chi connectivity index (χ0) is 14.4. The number of hydrogen-bond donors (Lipinski definition) is 2. The van der Waals surface area contributed by atoms with E-state index in [-0.39, 0.29) is 30.5 Å². The Morgan fingerprint density at radius 3 is 2.74 bits per heavy atom. The minimum absolute atomic E-state index is 0.0212. The number of anilines is 2. The highest BCUT2D eigenvalue weighted by atomic mass is 19.3. The summed E-state index contributed by atoms with van der Waals surface area (Å²) in [5.74, 6) is 0.217. The number of hydrogen-bond acceptors (Lipinski definition) is 6. The van der Waals surface area contributed by atoms with Crippen LogP contribution in [-0.4, -0.2) is 48.2 Å². The maximum atomic E-state index is 12.4. The molecule has 0 spiro atoms. The molecule has 7 nitrogen and oxygen atoms in total. The fourth-order valence-electron chi connectivity index (χ4n) is 1.48. The first-order chi connectivity index (χ1) is 8.97. The molecule has 1 heterocycles. The van der Waals surface area contributed by atoms with Crippen LogP contribution in [0.1, 0.15) is 0 Å². The monoisotopic (exact) mass is 276 g/mol. The highest BCUT2D eigenvalue weighted by Crippen LogP contribution is 2.23. The number of nitrogens with one attached hydrogen (secondary N) is 1. The van der Waals surface area contributed by atoms with Crippen LogP contribution < -0.4 is 10.2 Å². The summed E-state index contributed by atoms with van der Waals surface area (Å²) in [4.78, 5) is 15.2. The van der Waals surface area contributed by atoms with Crippen LogP contribution >= 0.6 is 0 Å². The third kappa shape index (κ3) is 4.28. The lowest BCUT2D eigenvalue weighted by Crippen LogP contribution is -2.32. The van der Waals surface area contributed by atoms with E-state index in [2.05, 4.69) is 10.3 Å². The van der Waals surface area contributed by atoms with Crippen LogP contribution in [0, 0.1) is 10.1 Å². The lowest BCUT2D eigenvalue weighted by molar-refractivity contribution is -0.384. The van der Waals surface area contributed by atoms with E-state index in [0.29, 0.717) is 0 Å². The summed E-state index contributed by atoms with van der Waals surface area (Å²) in [5, 5.41) is 22.2. The van der Waals surface area contributed by atoms with E-state index in [0.717, 1.165) is 11.0 Å². The molecular formula is C10H14F2N4O3. The highest BCUT2D eigenvalue weighted by Gasteiger charge is 2.18. The first kappa shape index (κ1) is 15.0. The van der Waals surface area contributed by atoms with E-state index in [1.165, 1.54) is 13.1 Å². The van der Waals surface area contributed by atoms with Crippen molar-refractivity contribution in [3.63, 3.8) is 0 Å². The number of rotatable bonds is 7. The topological polar surface area (TPSA) is 91.5 Å². The van der Waals surface area contributed by atoms with E-state index in [1.54, 1.807) is 0 Å². The van der Waals surface area contributed by atoms with Gasteiger partial charge in [0.2, 0.25) is 0 Å². The highest BCUT2D eigenvalue weighted by molar-refractivity contribution is 5.55. The number of pyridine rings is 1. The zero-order valence-corrected chi connectivity index (χ0v) is 10.2. The minimum atomic E-state index is -2.63. The van der Waals surface area contributed by atoms with Crippen molar-refractivity contribution in [2.45, 2.75) is 6.43 Å². The van der Waals surface area contributed by atoms with E-state index in [4.69, 9.17) is 5.11 Å². The van der Waals surface area contributed by atoms with Gasteiger partial charge in [0.05, 0.1) is 30.2 Å². The van der Waals surface area contributed by atoms with Crippen molar-refractivity contribution in [3.8, 4) is 0 Å². The van der Waals surface area contributed by atoms with Gasteiger partial charge in [-0.3, -0.25) is 10.1 Å². The first-order valence-corrected chi connectivity index (χ1v) is 5.46. The predicted molar refractivity (Wildman–Crippen MR) is 65.7 cm³/mol. The number of nitrogens with zero attached hydrogens (tertiary/aromatic N) is 3. The first-order valence-electron chi connectivity index (χ1n) is 5.46. The van der Waals surface area contributed by atoms with Crippen molar-refractivity contribution in [3.05, 3.63) is 22.2 Å². The number of aromatic nitrogens is 1. The molecule has 0 bridgehead atoms. The maximum Gasteiger partial charge on any atom is 0.276 e. The Morgan fingerprint density at radius 2 is 2.26 bits per heavy atom. The van der Waals surface area contributed by atoms with Gasteiger partial charge in [0.1, 0.15) is 11.6 Å². The Bertz CT molecular complexity index is 445. The van der Waals surface area contributed by atoms with Crippen molar-refractivity contribution in [2.24, 2.45) is 0 Å². The average molecular weight is 276 g/mol. The summed E-state index contributed by atoms with van der Waals surface area (Å²) in [6, 6.07) is 2.29. The van der Waals surface area contributed by atoms with Crippen molar-refractivity contribution >= 4 is 17.3 Å². The third-order valence-corrected chi connectivity index (χ3v) is 2.32. The van der Waals surface area contributed by atoms with Gasteiger partial charge in [-0.05, 0) is 0 Å². The van der Waals surface area contributed by atoms with Crippen LogP contribution in [-0.2, 0) is 0 Å². The van der Waals surface area contributed by atoms with Gasteiger partial charge in [0.25, 0.3) is 12.1 Å². The molecule has 0 amide bonds. The fourth-order valence-corrected chi connectivity index (χ4v) is 1.48. The van der Waals surface area contributed by atoms with E-state index in [9.17, 15) is 18.9 Å². The van der Waals surface area contributed by atoms with Gasteiger partial charge >= 0.3 is 0 Å². The molecule has 0 radical (unpaired) electrons. The summed E-state index contributed by atoms with van der Waals surface area (Å²) in [6.07, 6.45) is -2.63. The van der Waals surface area contributed by atoms with Gasteiger partial charge < -0.3 is 15.3 Å². The van der Waals surface area contributed by atoms with Gasteiger partial charge in [0.15, 0.2) is 0 Å². The second-order valence-corrected chi connectivity index (χ2v) is 3.64. The Labute approximate surface area is 108 Å². The zero-order valence-electron chi connectivity index (χ0n) is 10.2. The molecule has 0 aliphatic rings. The number of aliphatic hydroxyl groups is 1.